The molecule has 0 spiro atoms. The van der Waals surface area contributed by atoms with Crippen LogP contribution in [0.5, 0.6) is 23.0 Å². The van der Waals surface area contributed by atoms with Gasteiger partial charge in [-0.1, -0.05) is 22.0 Å². The molecule has 0 saturated heterocycles. The lowest BCUT2D eigenvalue weighted by atomic mass is 10.1. The third-order valence-corrected chi connectivity index (χ3v) is 4.79. The average Bonchev–Trinajstić information content (AvgIpc) is 3.17. The van der Waals surface area contributed by atoms with Gasteiger partial charge >= 0.3 is 0 Å². The van der Waals surface area contributed by atoms with Gasteiger partial charge in [0, 0.05) is 16.6 Å². The van der Waals surface area contributed by atoms with Crippen molar-refractivity contribution in [3.63, 3.8) is 0 Å². The quantitative estimate of drug-likeness (QED) is 0.547. The Morgan fingerprint density at radius 1 is 0.929 bits per heavy atom. The Balaban J connectivity index is 1.29. The number of hydrogen-bond donors (Lipinski definition) is 1. The lowest BCUT2D eigenvalue weighted by Gasteiger charge is -2.08. The van der Waals surface area contributed by atoms with Crippen LogP contribution in [0.1, 0.15) is 12.0 Å². The third-order valence-electron chi connectivity index (χ3n) is 4.27. The maximum Gasteiger partial charge on any atom is 0.231 e. The second-order valence-electron chi connectivity index (χ2n) is 6.32. The fourth-order valence-electron chi connectivity index (χ4n) is 2.82. The molecule has 28 heavy (non-hydrogen) atoms. The lowest BCUT2D eigenvalue weighted by Crippen LogP contribution is -2.12. The van der Waals surface area contributed by atoms with Crippen molar-refractivity contribution in [2.75, 3.05) is 12.1 Å². The summed E-state index contributed by atoms with van der Waals surface area (Å²) in [5.74, 6) is 2.90. The molecule has 0 saturated carbocycles. The molecule has 1 aliphatic heterocycles. The van der Waals surface area contributed by atoms with Crippen LogP contribution in [0.15, 0.2) is 71.2 Å². The third kappa shape index (κ3) is 4.64. The predicted octanol–water partition coefficient (Wildman–Crippen LogP) is 5.54. The molecule has 5 nitrogen and oxygen atoms in total. The number of fused-ring (bicyclic) bond motifs is 1. The lowest BCUT2D eigenvalue weighted by molar-refractivity contribution is -0.116. The highest BCUT2D eigenvalue weighted by Gasteiger charge is 2.13. The molecule has 1 N–H and O–H groups in total. The van der Waals surface area contributed by atoms with Gasteiger partial charge in [-0.2, -0.15) is 0 Å². The summed E-state index contributed by atoms with van der Waals surface area (Å²) in [7, 11) is 0. The number of nitrogens with one attached hydrogen (secondary N) is 1. The summed E-state index contributed by atoms with van der Waals surface area (Å²) in [4.78, 5) is 12.2. The van der Waals surface area contributed by atoms with Gasteiger partial charge in [0.2, 0.25) is 12.7 Å². The summed E-state index contributed by atoms with van der Waals surface area (Å²) in [6, 6.07) is 20.7. The molecule has 0 aromatic heterocycles. The monoisotopic (exact) mass is 439 g/mol. The highest BCUT2D eigenvalue weighted by atomic mass is 79.9. The van der Waals surface area contributed by atoms with E-state index in [-0.39, 0.29) is 12.7 Å². The van der Waals surface area contributed by atoms with Crippen molar-refractivity contribution in [1.82, 2.24) is 0 Å². The maximum absolute atomic E-state index is 12.2. The van der Waals surface area contributed by atoms with Gasteiger partial charge in [0.25, 0.3) is 0 Å². The minimum absolute atomic E-state index is 0.0424. The first kappa shape index (κ1) is 18.4. The van der Waals surface area contributed by atoms with Crippen molar-refractivity contribution in [3.8, 4) is 23.0 Å². The van der Waals surface area contributed by atoms with E-state index in [1.165, 1.54) is 0 Å². The number of aryl methyl sites for hydroxylation is 1. The summed E-state index contributed by atoms with van der Waals surface area (Å²) in [5.41, 5.74) is 1.77. The minimum Gasteiger partial charge on any atom is -0.457 e. The van der Waals surface area contributed by atoms with Gasteiger partial charge in [-0.05, 0) is 72.6 Å². The van der Waals surface area contributed by atoms with Crippen molar-refractivity contribution in [1.29, 1.82) is 0 Å². The van der Waals surface area contributed by atoms with E-state index in [4.69, 9.17) is 14.2 Å². The number of carbonyl (C=O) groups excluding carboxylic acids is 1. The van der Waals surface area contributed by atoms with Gasteiger partial charge in [0.05, 0.1) is 0 Å². The number of carbonyl (C=O) groups is 1. The number of anilines is 1. The molecule has 0 atom stereocenters. The topological polar surface area (TPSA) is 56.8 Å². The number of hydrogen-bond acceptors (Lipinski definition) is 4. The number of halogens is 1. The Morgan fingerprint density at radius 2 is 1.61 bits per heavy atom. The minimum atomic E-state index is -0.0424. The molecule has 0 fully saturated rings. The van der Waals surface area contributed by atoms with E-state index in [0.29, 0.717) is 18.6 Å². The fourth-order valence-corrected chi connectivity index (χ4v) is 3.09. The van der Waals surface area contributed by atoms with Gasteiger partial charge in [-0.25, -0.2) is 0 Å². The van der Waals surface area contributed by atoms with Crippen molar-refractivity contribution in [3.05, 3.63) is 76.8 Å². The first-order chi connectivity index (χ1) is 13.7. The molecule has 1 amide bonds. The highest BCUT2D eigenvalue weighted by molar-refractivity contribution is 9.10. The van der Waals surface area contributed by atoms with E-state index in [2.05, 4.69) is 21.2 Å². The SMILES string of the molecule is O=C(CCc1ccc2c(c1)OCO2)Nc1ccc(Oc2ccc(Br)cc2)cc1. The fraction of sp³-hybridized carbons (Fsp3) is 0.136. The molecule has 0 bridgehead atoms. The molecule has 6 heteroatoms. The van der Waals surface area contributed by atoms with Crippen LogP contribution in [0.3, 0.4) is 0 Å². The molecule has 0 unspecified atom stereocenters. The molecule has 4 rings (SSSR count). The van der Waals surface area contributed by atoms with Crippen molar-refractivity contribution < 1.29 is 19.0 Å². The Labute approximate surface area is 171 Å². The van der Waals surface area contributed by atoms with E-state index in [9.17, 15) is 4.79 Å². The van der Waals surface area contributed by atoms with Crippen LogP contribution in [-0.2, 0) is 11.2 Å². The van der Waals surface area contributed by atoms with Crippen LogP contribution in [0.2, 0.25) is 0 Å². The van der Waals surface area contributed by atoms with E-state index < -0.39 is 0 Å². The Bertz CT molecular complexity index is 971. The normalized spacial score (nSPS) is 11.9. The zero-order chi connectivity index (χ0) is 19.3. The van der Waals surface area contributed by atoms with E-state index >= 15 is 0 Å². The number of benzene rings is 3. The molecule has 1 aliphatic rings. The molecule has 1 heterocycles. The molecule has 0 radical (unpaired) electrons. The highest BCUT2D eigenvalue weighted by Crippen LogP contribution is 2.32. The molecule has 3 aromatic rings. The average molecular weight is 440 g/mol. The van der Waals surface area contributed by atoms with Crippen LogP contribution >= 0.6 is 15.9 Å². The smallest absolute Gasteiger partial charge is 0.231 e. The van der Waals surface area contributed by atoms with Crippen LogP contribution < -0.4 is 19.5 Å². The summed E-state index contributed by atoms with van der Waals surface area (Å²) in [6.07, 6.45) is 1.02. The molecule has 0 aliphatic carbocycles. The molecular weight excluding hydrogens is 422 g/mol. The van der Waals surface area contributed by atoms with Crippen molar-refractivity contribution >= 4 is 27.5 Å². The number of rotatable bonds is 6. The van der Waals surface area contributed by atoms with Crippen molar-refractivity contribution in [2.24, 2.45) is 0 Å². The van der Waals surface area contributed by atoms with Crippen LogP contribution in [0.25, 0.3) is 0 Å². The Morgan fingerprint density at radius 3 is 2.36 bits per heavy atom. The molecular formula is C22H18BrNO4. The molecule has 3 aromatic carbocycles. The summed E-state index contributed by atoms with van der Waals surface area (Å²) in [6.45, 7) is 0.251. The Kier molecular flexibility index (Phi) is 5.48. The summed E-state index contributed by atoms with van der Waals surface area (Å²) < 4.78 is 17.4. The second kappa shape index (κ2) is 8.35. The van der Waals surface area contributed by atoms with Gasteiger partial charge < -0.3 is 19.5 Å². The van der Waals surface area contributed by atoms with Crippen LogP contribution in [0.4, 0.5) is 5.69 Å². The molecule has 142 valence electrons. The van der Waals surface area contributed by atoms with Crippen molar-refractivity contribution in [2.45, 2.75) is 12.8 Å². The first-order valence-electron chi connectivity index (χ1n) is 8.87. The maximum atomic E-state index is 12.2. The standard InChI is InChI=1S/C22H18BrNO4/c23-16-3-7-18(8-4-16)28-19-9-5-17(6-10-19)24-22(25)12-2-15-1-11-20-21(13-15)27-14-26-20/h1,3-11,13H,2,12,14H2,(H,24,25). The van der Waals surface area contributed by atoms with Crippen LogP contribution in [0, 0.1) is 0 Å². The number of amides is 1. The number of ether oxygens (including phenoxy) is 3. The van der Waals surface area contributed by atoms with Crippen LogP contribution in [-0.4, -0.2) is 12.7 Å². The van der Waals surface area contributed by atoms with E-state index in [1.54, 1.807) is 0 Å². The van der Waals surface area contributed by atoms with Gasteiger partial charge in [0.1, 0.15) is 11.5 Å². The van der Waals surface area contributed by atoms with Gasteiger partial charge in [-0.3, -0.25) is 4.79 Å². The second-order valence-corrected chi connectivity index (χ2v) is 7.23. The largest absolute Gasteiger partial charge is 0.457 e. The van der Waals surface area contributed by atoms with E-state index in [1.807, 2.05) is 66.7 Å². The van der Waals surface area contributed by atoms with Gasteiger partial charge in [-0.15, -0.1) is 0 Å². The first-order valence-corrected chi connectivity index (χ1v) is 9.67. The zero-order valence-corrected chi connectivity index (χ0v) is 16.6. The van der Waals surface area contributed by atoms with E-state index in [0.717, 1.165) is 33.0 Å². The zero-order valence-electron chi connectivity index (χ0n) is 15.0. The summed E-state index contributed by atoms with van der Waals surface area (Å²) in [5, 5.41) is 2.91. The predicted molar refractivity (Wildman–Crippen MR) is 110 cm³/mol. The van der Waals surface area contributed by atoms with Gasteiger partial charge in [0.15, 0.2) is 11.5 Å². The summed E-state index contributed by atoms with van der Waals surface area (Å²) >= 11 is 3.40. The Hall–Kier alpha value is -2.99.